The molecule has 2 aromatic rings. The number of carbonyl (C=O) groups excluding carboxylic acids is 2. The Morgan fingerprint density at radius 2 is 1.76 bits per heavy atom. The highest BCUT2D eigenvalue weighted by molar-refractivity contribution is 7.99. The average Bonchev–Trinajstić information content (AvgIpc) is 2.84. The van der Waals surface area contributed by atoms with E-state index in [2.05, 4.69) is 15.6 Å². The molecule has 0 radical (unpaired) electrons. The lowest BCUT2D eigenvalue weighted by Crippen LogP contribution is -2.45. The number of aliphatic imine (C=N–C) groups is 1. The van der Waals surface area contributed by atoms with Gasteiger partial charge in [0.1, 0.15) is 6.04 Å². The van der Waals surface area contributed by atoms with Crippen LogP contribution in [0.15, 0.2) is 53.5 Å². The third-order valence-corrected chi connectivity index (χ3v) is 6.57. The number of methoxy groups -OCH3 is 2. The van der Waals surface area contributed by atoms with E-state index in [0.717, 1.165) is 35.5 Å². The second-order valence-corrected chi connectivity index (χ2v) is 9.25. The first-order valence-corrected chi connectivity index (χ1v) is 12.4. The van der Waals surface area contributed by atoms with E-state index in [0.29, 0.717) is 17.9 Å². The molecule has 0 bridgehead atoms. The van der Waals surface area contributed by atoms with E-state index in [4.69, 9.17) is 15.2 Å². The molecule has 1 fully saturated rings. The number of guanidine groups is 1. The summed E-state index contributed by atoms with van der Waals surface area (Å²) in [4.78, 5) is 30.0. The molecule has 1 aliphatic heterocycles. The predicted octanol–water partition coefficient (Wildman–Crippen LogP) is 2.30. The molecule has 3 rings (SSSR count). The van der Waals surface area contributed by atoms with Gasteiger partial charge in [-0.25, -0.2) is 4.99 Å². The van der Waals surface area contributed by atoms with Gasteiger partial charge in [0.05, 0.1) is 20.6 Å². The molecule has 1 heterocycles. The Balaban J connectivity index is 1.67. The number of ether oxygens (including phenoxy) is 2. The molecule has 0 spiro atoms. The van der Waals surface area contributed by atoms with Crippen molar-refractivity contribution in [2.75, 3.05) is 25.7 Å². The number of amides is 2. The lowest BCUT2D eigenvalue weighted by Gasteiger charge is -2.24. The molecule has 9 heteroatoms. The van der Waals surface area contributed by atoms with Crippen LogP contribution in [0.4, 0.5) is 0 Å². The highest BCUT2D eigenvalue weighted by Gasteiger charge is 2.23. The number of nitrogens with zero attached hydrogens (tertiary/aromatic N) is 1. The Labute approximate surface area is 204 Å². The predicted molar refractivity (Wildman–Crippen MR) is 135 cm³/mol. The third kappa shape index (κ3) is 7.69. The number of rotatable bonds is 9. The number of nitrogens with one attached hydrogen (secondary N) is 2. The monoisotopic (exact) mass is 484 g/mol. The third-order valence-electron chi connectivity index (χ3n) is 5.52. The number of carbonyl (C=O) groups is 2. The van der Waals surface area contributed by atoms with Crippen molar-refractivity contribution < 1.29 is 19.1 Å². The molecule has 1 saturated heterocycles. The molecule has 2 aromatic carbocycles. The van der Waals surface area contributed by atoms with Gasteiger partial charge in [0, 0.05) is 12.5 Å². The Bertz CT molecular complexity index is 994. The first-order valence-electron chi connectivity index (χ1n) is 11.2. The van der Waals surface area contributed by atoms with Crippen molar-refractivity contribution in [2.24, 2.45) is 10.7 Å². The number of benzene rings is 2. The summed E-state index contributed by atoms with van der Waals surface area (Å²) in [5.74, 6) is 2.59. The van der Waals surface area contributed by atoms with Crippen LogP contribution in [-0.4, -0.2) is 55.6 Å². The van der Waals surface area contributed by atoms with Crippen LogP contribution in [0.3, 0.4) is 0 Å². The van der Waals surface area contributed by atoms with Crippen LogP contribution < -0.4 is 25.8 Å². The molecule has 182 valence electrons. The van der Waals surface area contributed by atoms with Crippen molar-refractivity contribution >= 4 is 29.5 Å². The van der Waals surface area contributed by atoms with E-state index in [9.17, 15) is 9.59 Å². The van der Waals surface area contributed by atoms with E-state index in [1.165, 1.54) is 7.11 Å². The molecule has 8 nitrogen and oxygen atoms in total. The fourth-order valence-electron chi connectivity index (χ4n) is 3.74. The zero-order chi connectivity index (χ0) is 24.3. The van der Waals surface area contributed by atoms with Gasteiger partial charge in [0.2, 0.25) is 11.8 Å². The van der Waals surface area contributed by atoms with Gasteiger partial charge in [-0.15, -0.1) is 0 Å². The van der Waals surface area contributed by atoms with Crippen LogP contribution in [0, 0.1) is 0 Å². The first kappa shape index (κ1) is 25.4. The van der Waals surface area contributed by atoms with Gasteiger partial charge in [-0.1, -0.05) is 36.4 Å². The Morgan fingerprint density at radius 3 is 2.44 bits per heavy atom. The van der Waals surface area contributed by atoms with E-state index in [1.54, 1.807) is 25.3 Å². The zero-order valence-electron chi connectivity index (χ0n) is 19.6. The van der Waals surface area contributed by atoms with E-state index < -0.39 is 6.04 Å². The van der Waals surface area contributed by atoms with Gasteiger partial charge < -0.3 is 20.5 Å². The SMILES string of the molecule is COc1ccc(CC(=O)NC(N)=NC(Cc2ccccc2)C(=O)NC2CCSCC2)cc1OC. The van der Waals surface area contributed by atoms with Crippen LogP contribution >= 0.6 is 11.8 Å². The van der Waals surface area contributed by atoms with Gasteiger partial charge in [-0.3, -0.25) is 14.9 Å². The molecule has 4 N–H and O–H groups in total. The summed E-state index contributed by atoms with van der Waals surface area (Å²) in [5, 5.41) is 5.71. The van der Waals surface area contributed by atoms with Crippen LogP contribution in [-0.2, 0) is 22.4 Å². The van der Waals surface area contributed by atoms with E-state index in [-0.39, 0.29) is 30.2 Å². The van der Waals surface area contributed by atoms with Crippen LogP contribution in [0.25, 0.3) is 0 Å². The summed E-state index contributed by atoms with van der Waals surface area (Å²) >= 11 is 1.90. The largest absolute Gasteiger partial charge is 0.493 e. The van der Waals surface area contributed by atoms with Crippen LogP contribution in [0.2, 0.25) is 0 Å². The van der Waals surface area contributed by atoms with Crippen molar-refractivity contribution in [1.82, 2.24) is 10.6 Å². The maximum Gasteiger partial charge on any atom is 0.245 e. The molecule has 0 aliphatic carbocycles. The molecular weight excluding hydrogens is 452 g/mol. The molecule has 1 unspecified atom stereocenters. The minimum atomic E-state index is -0.738. The summed E-state index contributed by atoms with van der Waals surface area (Å²) in [6.07, 6.45) is 2.34. The summed E-state index contributed by atoms with van der Waals surface area (Å²) in [6, 6.07) is 14.3. The van der Waals surface area contributed by atoms with Crippen molar-refractivity contribution in [2.45, 2.75) is 37.8 Å². The van der Waals surface area contributed by atoms with Gasteiger partial charge in [0.25, 0.3) is 0 Å². The second-order valence-electron chi connectivity index (χ2n) is 8.03. The summed E-state index contributed by atoms with van der Waals surface area (Å²) in [6.45, 7) is 0. The number of hydrogen-bond donors (Lipinski definition) is 3. The normalized spacial score (nSPS) is 15.3. The number of hydrogen-bond acceptors (Lipinski definition) is 6. The standard InChI is InChI=1S/C25H32N4O4S/c1-32-21-9-8-18(15-22(21)33-2)16-23(30)29-25(26)28-20(14-17-6-4-3-5-7-17)24(31)27-19-10-12-34-13-11-19/h3-9,15,19-20H,10-14,16H2,1-2H3,(H,27,31)(H3,26,28,29,30). The Kier molecular flexibility index (Phi) is 9.63. The first-order chi connectivity index (χ1) is 16.5. The van der Waals surface area contributed by atoms with Crippen molar-refractivity contribution in [3.63, 3.8) is 0 Å². The molecule has 2 amide bonds. The molecule has 1 atom stereocenters. The highest BCUT2D eigenvalue weighted by Crippen LogP contribution is 2.27. The average molecular weight is 485 g/mol. The van der Waals surface area contributed by atoms with E-state index in [1.807, 2.05) is 42.1 Å². The molecule has 0 saturated carbocycles. The maximum atomic E-state index is 13.0. The minimum Gasteiger partial charge on any atom is -0.493 e. The summed E-state index contributed by atoms with van der Waals surface area (Å²) in [7, 11) is 3.09. The van der Waals surface area contributed by atoms with Gasteiger partial charge in [-0.2, -0.15) is 11.8 Å². The number of thioether (sulfide) groups is 1. The van der Waals surface area contributed by atoms with Crippen molar-refractivity contribution in [3.8, 4) is 11.5 Å². The van der Waals surface area contributed by atoms with Crippen LogP contribution in [0.5, 0.6) is 11.5 Å². The maximum absolute atomic E-state index is 13.0. The van der Waals surface area contributed by atoms with Gasteiger partial charge >= 0.3 is 0 Å². The topological polar surface area (TPSA) is 115 Å². The fraction of sp³-hybridized carbons (Fsp3) is 0.400. The van der Waals surface area contributed by atoms with E-state index >= 15 is 0 Å². The Morgan fingerprint density at radius 1 is 1.06 bits per heavy atom. The van der Waals surface area contributed by atoms with Crippen molar-refractivity contribution in [3.05, 3.63) is 59.7 Å². The van der Waals surface area contributed by atoms with Crippen LogP contribution in [0.1, 0.15) is 24.0 Å². The summed E-state index contributed by atoms with van der Waals surface area (Å²) < 4.78 is 10.5. The lowest BCUT2D eigenvalue weighted by molar-refractivity contribution is -0.123. The minimum absolute atomic E-state index is 0.0753. The Hall–Kier alpha value is -3.20. The molecule has 34 heavy (non-hydrogen) atoms. The zero-order valence-corrected chi connectivity index (χ0v) is 20.4. The summed E-state index contributed by atoms with van der Waals surface area (Å²) in [5.41, 5.74) is 7.75. The molecular formula is C25H32N4O4S. The molecule has 1 aliphatic rings. The highest BCUT2D eigenvalue weighted by atomic mass is 32.2. The number of nitrogens with two attached hydrogens (primary N) is 1. The second kappa shape index (κ2) is 12.9. The van der Waals surface area contributed by atoms with Gasteiger partial charge in [0.15, 0.2) is 17.5 Å². The fourth-order valence-corrected chi connectivity index (χ4v) is 4.84. The quantitative estimate of drug-likeness (QED) is 0.372. The lowest BCUT2D eigenvalue weighted by atomic mass is 10.0. The van der Waals surface area contributed by atoms with Gasteiger partial charge in [-0.05, 0) is 47.6 Å². The smallest absolute Gasteiger partial charge is 0.245 e. The molecule has 0 aromatic heterocycles. The van der Waals surface area contributed by atoms with Crippen molar-refractivity contribution in [1.29, 1.82) is 0 Å².